The van der Waals surface area contributed by atoms with Gasteiger partial charge >= 0.3 is 0 Å². The molecule has 0 aliphatic rings. The van der Waals surface area contributed by atoms with Crippen molar-refractivity contribution in [2.24, 2.45) is 0 Å². The zero-order valence-corrected chi connectivity index (χ0v) is 10.7. The molecule has 0 aromatic heterocycles. The van der Waals surface area contributed by atoms with Gasteiger partial charge < -0.3 is 5.11 Å². The summed E-state index contributed by atoms with van der Waals surface area (Å²) in [6.07, 6.45) is 2.77. The normalized spacial score (nSPS) is 11.8. The number of benzene rings is 1. The van der Waals surface area contributed by atoms with Gasteiger partial charge in [0.05, 0.1) is 0 Å². The van der Waals surface area contributed by atoms with Crippen molar-refractivity contribution < 1.29 is 5.11 Å². The highest BCUT2D eigenvalue weighted by atomic mass is 16.3. The molecular formula is C15H22O. The lowest BCUT2D eigenvalue weighted by Gasteiger charge is -2.26. The maximum absolute atomic E-state index is 10.3. The molecule has 1 heteroatoms. The summed E-state index contributed by atoms with van der Waals surface area (Å²) in [6, 6.07) is 6.02. The van der Waals surface area contributed by atoms with E-state index >= 15 is 0 Å². The maximum atomic E-state index is 10.3. The Hall–Kier alpha value is -1.24. The second-order valence-electron chi connectivity index (χ2n) is 5.27. The van der Waals surface area contributed by atoms with Crippen LogP contribution in [0, 0.1) is 0 Å². The third-order valence-electron chi connectivity index (χ3n) is 3.07. The first-order valence-electron chi connectivity index (χ1n) is 5.83. The minimum absolute atomic E-state index is 0.0588. The molecule has 0 radical (unpaired) electrons. The number of hydrogen-bond donors (Lipinski definition) is 1. The molecule has 0 amide bonds. The summed E-state index contributed by atoms with van der Waals surface area (Å²) in [5, 5.41) is 10.3. The fraction of sp³-hybridized carbons (Fsp3) is 0.467. The van der Waals surface area contributed by atoms with Crippen LogP contribution >= 0.6 is 0 Å². The number of phenolic OH excluding ortho intramolecular Hbond substituents is 1. The lowest BCUT2D eigenvalue weighted by Crippen LogP contribution is -2.16. The first-order valence-corrected chi connectivity index (χ1v) is 5.83. The van der Waals surface area contributed by atoms with Crippen LogP contribution in [0.25, 0.3) is 0 Å². The molecule has 0 aliphatic carbocycles. The summed E-state index contributed by atoms with van der Waals surface area (Å²) < 4.78 is 0. The van der Waals surface area contributed by atoms with E-state index in [9.17, 15) is 5.11 Å². The summed E-state index contributed by atoms with van der Waals surface area (Å²) in [7, 11) is 0. The van der Waals surface area contributed by atoms with Gasteiger partial charge in [0.25, 0.3) is 0 Å². The van der Waals surface area contributed by atoms with Crippen LogP contribution in [0.15, 0.2) is 30.9 Å². The molecule has 0 atom stereocenters. The van der Waals surface area contributed by atoms with Crippen molar-refractivity contribution in [3.63, 3.8) is 0 Å². The number of allylic oxidation sites excluding steroid dienone is 1. The predicted octanol–water partition coefficient (Wildman–Crippen LogP) is 4.37. The average Bonchev–Trinajstić information content (AvgIpc) is 2.17. The number of hydrogen-bond acceptors (Lipinski definition) is 1. The largest absolute Gasteiger partial charge is 0.507 e. The van der Waals surface area contributed by atoms with Gasteiger partial charge in [-0.1, -0.05) is 52.0 Å². The fourth-order valence-corrected chi connectivity index (χ4v) is 2.04. The Labute approximate surface area is 98.8 Å². The van der Waals surface area contributed by atoms with Crippen molar-refractivity contribution in [1.82, 2.24) is 0 Å². The van der Waals surface area contributed by atoms with Crippen molar-refractivity contribution in [3.8, 4) is 5.75 Å². The molecular weight excluding hydrogens is 196 g/mol. The Balaban J connectivity index is 3.24. The molecule has 0 heterocycles. The summed E-state index contributed by atoms with van der Waals surface area (Å²) in [6.45, 7) is 12.2. The van der Waals surface area contributed by atoms with Crippen LogP contribution in [0.5, 0.6) is 5.75 Å². The van der Waals surface area contributed by atoms with Gasteiger partial charge in [-0.05, 0) is 23.3 Å². The molecule has 88 valence electrons. The topological polar surface area (TPSA) is 20.2 Å². The van der Waals surface area contributed by atoms with Crippen molar-refractivity contribution in [1.29, 1.82) is 0 Å². The average molecular weight is 218 g/mol. The van der Waals surface area contributed by atoms with E-state index in [2.05, 4.69) is 34.3 Å². The van der Waals surface area contributed by atoms with Crippen molar-refractivity contribution in [3.05, 3.63) is 42.0 Å². The zero-order valence-electron chi connectivity index (χ0n) is 10.7. The molecule has 1 aromatic rings. The number of para-hydroxylation sites is 1. The third kappa shape index (κ3) is 2.46. The first kappa shape index (κ1) is 12.8. The summed E-state index contributed by atoms with van der Waals surface area (Å²) in [4.78, 5) is 0. The second-order valence-corrected chi connectivity index (χ2v) is 5.27. The smallest absolute Gasteiger partial charge is 0.122 e. The number of rotatable bonds is 4. The van der Waals surface area contributed by atoms with E-state index in [0.717, 1.165) is 17.5 Å². The van der Waals surface area contributed by atoms with Crippen molar-refractivity contribution in [2.45, 2.75) is 45.4 Å². The van der Waals surface area contributed by atoms with Crippen LogP contribution < -0.4 is 0 Å². The van der Waals surface area contributed by atoms with Crippen LogP contribution in [0.3, 0.4) is 0 Å². The van der Waals surface area contributed by atoms with E-state index in [1.165, 1.54) is 0 Å². The highest BCUT2D eigenvalue weighted by Gasteiger charge is 2.24. The molecule has 1 aromatic carbocycles. The molecule has 0 saturated heterocycles. The molecule has 0 aliphatic heterocycles. The summed E-state index contributed by atoms with van der Waals surface area (Å²) in [5.74, 6) is 0.795. The van der Waals surface area contributed by atoms with Gasteiger partial charge in [0.1, 0.15) is 5.75 Å². The molecule has 0 unspecified atom stereocenters. The standard InChI is InChI=1S/C15H22O/c1-6-10-15(4,5)13-9-7-8-12(11(2)3)14(13)16/h6-9,11,16H,1,10H2,2-5H3. The van der Waals surface area contributed by atoms with Crippen LogP contribution in [-0.2, 0) is 5.41 Å². The Morgan fingerprint density at radius 3 is 2.50 bits per heavy atom. The van der Waals surface area contributed by atoms with Gasteiger partial charge in [0.15, 0.2) is 0 Å². The molecule has 1 rings (SSSR count). The quantitative estimate of drug-likeness (QED) is 0.744. The molecule has 16 heavy (non-hydrogen) atoms. The van der Waals surface area contributed by atoms with Crippen LogP contribution in [0.4, 0.5) is 0 Å². The lowest BCUT2D eigenvalue weighted by molar-refractivity contribution is 0.428. The first-order chi connectivity index (χ1) is 7.40. The van der Waals surface area contributed by atoms with Crippen LogP contribution in [0.1, 0.15) is 51.2 Å². The predicted molar refractivity (Wildman–Crippen MR) is 70.0 cm³/mol. The minimum Gasteiger partial charge on any atom is -0.507 e. The number of aromatic hydroxyl groups is 1. The SMILES string of the molecule is C=CCC(C)(C)c1cccc(C(C)C)c1O. The summed E-state index contributed by atoms with van der Waals surface area (Å²) >= 11 is 0. The van der Waals surface area contributed by atoms with E-state index < -0.39 is 0 Å². The Morgan fingerprint density at radius 1 is 1.38 bits per heavy atom. The van der Waals surface area contributed by atoms with Gasteiger partial charge in [-0.2, -0.15) is 0 Å². The van der Waals surface area contributed by atoms with Gasteiger partial charge in [-0.3, -0.25) is 0 Å². The van der Waals surface area contributed by atoms with Crippen LogP contribution in [-0.4, -0.2) is 5.11 Å². The second kappa shape index (κ2) is 4.73. The van der Waals surface area contributed by atoms with E-state index in [-0.39, 0.29) is 5.41 Å². The Bertz CT molecular complexity index is 375. The fourth-order valence-electron chi connectivity index (χ4n) is 2.04. The molecule has 0 saturated carbocycles. The van der Waals surface area contributed by atoms with Gasteiger partial charge in [-0.15, -0.1) is 6.58 Å². The molecule has 0 fully saturated rings. The van der Waals surface area contributed by atoms with Gasteiger partial charge in [0, 0.05) is 5.56 Å². The number of phenols is 1. The molecule has 0 spiro atoms. The van der Waals surface area contributed by atoms with Crippen molar-refractivity contribution in [2.75, 3.05) is 0 Å². The molecule has 0 bridgehead atoms. The van der Waals surface area contributed by atoms with Crippen molar-refractivity contribution >= 4 is 0 Å². The highest BCUT2D eigenvalue weighted by Crippen LogP contribution is 2.38. The van der Waals surface area contributed by atoms with E-state index in [0.29, 0.717) is 11.7 Å². The Morgan fingerprint density at radius 2 is 2.00 bits per heavy atom. The van der Waals surface area contributed by atoms with Crippen LogP contribution in [0.2, 0.25) is 0 Å². The van der Waals surface area contributed by atoms with E-state index in [1.54, 1.807) is 0 Å². The third-order valence-corrected chi connectivity index (χ3v) is 3.07. The van der Waals surface area contributed by atoms with E-state index in [1.807, 2.05) is 24.3 Å². The van der Waals surface area contributed by atoms with E-state index in [4.69, 9.17) is 0 Å². The highest BCUT2D eigenvalue weighted by molar-refractivity contribution is 5.45. The lowest BCUT2D eigenvalue weighted by atomic mass is 9.79. The zero-order chi connectivity index (χ0) is 12.3. The maximum Gasteiger partial charge on any atom is 0.122 e. The van der Waals surface area contributed by atoms with Gasteiger partial charge in [-0.25, -0.2) is 0 Å². The molecule has 1 nitrogen and oxygen atoms in total. The minimum atomic E-state index is -0.0588. The monoisotopic (exact) mass is 218 g/mol. The Kier molecular flexibility index (Phi) is 3.79. The molecule has 1 N–H and O–H groups in total. The van der Waals surface area contributed by atoms with Gasteiger partial charge in [0.2, 0.25) is 0 Å². The summed E-state index contributed by atoms with van der Waals surface area (Å²) in [5.41, 5.74) is 1.98.